The zero-order valence-electron chi connectivity index (χ0n) is 14.8. The van der Waals surface area contributed by atoms with Gasteiger partial charge in [0.2, 0.25) is 10.0 Å². The lowest BCUT2D eigenvalue weighted by Gasteiger charge is -2.22. The Morgan fingerprint density at radius 1 is 1.24 bits per heavy atom. The summed E-state index contributed by atoms with van der Waals surface area (Å²) < 4.78 is 27.4. The van der Waals surface area contributed by atoms with E-state index < -0.39 is 10.0 Å². The van der Waals surface area contributed by atoms with Crippen LogP contribution in [0.25, 0.3) is 0 Å². The predicted octanol–water partition coefficient (Wildman–Crippen LogP) is 1.87. The van der Waals surface area contributed by atoms with Gasteiger partial charge >= 0.3 is 0 Å². The molecule has 1 heterocycles. The number of sulfonamides is 1. The first-order valence-electron chi connectivity index (χ1n) is 8.57. The van der Waals surface area contributed by atoms with Gasteiger partial charge in [-0.3, -0.25) is 4.79 Å². The minimum absolute atomic E-state index is 0. The molecule has 0 bridgehead atoms. The highest BCUT2D eigenvalue weighted by Crippen LogP contribution is 2.14. The number of halogens is 1. The van der Waals surface area contributed by atoms with Crippen LogP contribution in [0, 0.1) is 5.92 Å². The van der Waals surface area contributed by atoms with Crippen molar-refractivity contribution < 1.29 is 13.2 Å². The molecule has 1 aromatic rings. The van der Waals surface area contributed by atoms with Gasteiger partial charge in [0, 0.05) is 25.2 Å². The molecule has 0 aromatic heterocycles. The lowest BCUT2D eigenvalue weighted by atomic mass is 10.0. The topological polar surface area (TPSA) is 78.5 Å². The fourth-order valence-electron chi connectivity index (χ4n) is 2.88. The van der Waals surface area contributed by atoms with E-state index >= 15 is 0 Å². The van der Waals surface area contributed by atoms with Crippen LogP contribution in [0.3, 0.4) is 0 Å². The number of nitrogens with zero attached hydrogens (tertiary/aromatic N) is 1. The van der Waals surface area contributed by atoms with Crippen LogP contribution < -0.4 is 10.0 Å². The molecule has 25 heavy (non-hydrogen) atoms. The molecular weight excluding hydrogens is 362 g/mol. The van der Waals surface area contributed by atoms with Crippen molar-refractivity contribution in [1.82, 2.24) is 14.9 Å². The standard InChI is InChI=1S/C17H27N3O3S.ClH/c1-3-20(4-2)17(21)15-7-9-16(10-8-15)24(22,23)19-13-14-6-5-11-18-12-14;/h7-10,14,18-19H,3-6,11-13H2,1-2H3;1H. The van der Waals surface area contributed by atoms with Crippen molar-refractivity contribution in [2.24, 2.45) is 5.92 Å². The Morgan fingerprint density at radius 3 is 2.40 bits per heavy atom. The van der Waals surface area contributed by atoms with E-state index in [2.05, 4.69) is 10.0 Å². The van der Waals surface area contributed by atoms with Crippen molar-refractivity contribution in [2.45, 2.75) is 31.6 Å². The van der Waals surface area contributed by atoms with Gasteiger partial charge in [-0.15, -0.1) is 12.4 Å². The minimum atomic E-state index is -3.54. The zero-order valence-corrected chi connectivity index (χ0v) is 16.5. The molecule has 2 N–H and O–H groups in total. The number of carbonyl (C=O) groups is 1. The second-order valence-electron chi connectivity index (χ2n) is 6.07. The average Bonchev–Trinajstić information content (AvgIpc) is 2.62. The molecule has 1 unspecified atom stereocenters. The van der Waals surface area contributed by atoms with E-state index in [1.807, 2.05) is 13.8 Å². The van der Waals surface area contributed by atoms with Crippen molar-refractivity contribution in [2.75, 3.05) is 32.7 Å². The molecule has 0 spiro atoms. The van der Waals surface area contributed by atoms with Crippen molar-refractivity contribution in [3.8, 4) is 0 Å². The van der Waals surface area contributed by atoms with E-state index in [0.717, 1.165) is 25.9 Å². The lowest BCUT2D eigenvalue weighted by molar-refractivity contribution is 0.0773. The Bertz CT molecular complexity index is 640. The van der Waals surface area contributed by atoms with E-state index in [1.54, 1.807) is 17.0 Å². The molecular formula is C17H28ClN3O3S. The van der Waals surface area contributed by atoms with E-state index in [9.17, 15) is 13.2 Å². The second-order valence-corrected chi connectivity index (χ2v) is 7.83. The molecule has 1 aliphatic rings. The van der Waals surface area contributed by atoms with E-state index in [-0.39, 0.29) is 23.2 Å². The summed E-state index contributed by atoms with van der Waals surface area (Å²) in [4.78, 5) is 14.2. The molecule has 0 saturated carbocycles. The first kappa shape index (κ1) is 21.9. The summed E-state index contributed by atoms with van der Waals surface area (Å²) in [6, 6.07) is 6.16. The van der Waals surface area contributed by atoms with Crippen LogP contribution >= 0.6 is 12.4 Å². The number of carbonyl (C=O) groups excluding carboxylic acids is 1. The van der Waals surface area contributed by atoms with Gasteiger partial charge in [0.15, 0.2) is 0 Å². The fraction of sp³-hybridized carbons (Fsp3) is 0.588. The SMILES string of the molecule is CCN(CC)C(=O)c1ccc(S(=O)(=O)NCC2CCCNC2)cc1.Cl. The Morgan fingerprint density at radius 2 is 1.88 bits per heavy atom. The van der Waals surface area contributed by atoms with Crippen LogP contribution in [-0.4, -0.2) is 51.9 Å². The molecule has 1 saturated heterocycles. The van der Waals surface area contributed by atoms with Crippen LogP contribution in [0.4, 0.5) is 0 Å². The van der Waals surface area contributed by atoms with Gasteiger partial charge in [-0.05, 0) is 70.0 Å². The summed E-state index contributed by atoms with van der Waals surface area (Å²) in [7, 11) is -3.54. The highest BCUT2D eigenvalue weighted by molar-refractivity contribution is 7.89. The van der Waals surface area contributed by atoms with Crippen LogP contribution in [0.15, 0.2) is 29.2 Å². The third kappa shape index (κ3) is 5.95. The molecule has 8 heteroatoms. The summed E-state index contributed by atoms with van der Waals surface area (Å²) in [6.07, 6.45) is 2.11. The molecule has 1 aliphatic heterocycles. The maximum Gasteiger partial charge on any atom is 0.253 e. The van der Waals surface area contributed by atoms with Crippen molar-refractivity contribution in [1.29, 1.82) is 0 Å². The van der Waals surface area contributed by atoms with E-state index in [0.29, 0.717) is 31.1 Å². The normalized spacial score (nSPS) is 17.6. The van der Waals surface area contributed by atoms with Crippen molar-refractivity contribution in [3.05, 3.63) is 29.8 Å². The van der Waals surface area contributed by atoms with Gasteiger partial charge in [-0.25, -0.2) is 13.1 Å². The third-order valence-electron chi connectivity index (χ3n) is 4.42. The van der Waals surface area contributed by atoms with Crippen LogP contribution in [0.2, 0.25) is 0 Å². The smallest absolute Gasteiger partial charge is 0.253 e. The first-order chi connectivity index (χ1) is 11.5. The fourth-order valence-corrected chi connectivity index (χ4v) is 4.00. The summed E-state index contributed by atoms with van der Waals surface area (Å²) in [5.41, 5.74) is 0.508. The maximum atomic E-state index is 12.4. The molecule has 1 aromatic carbocycles. The first-order valence-corrected chi connectivity index (χ1v) is 10.1. The molecule has 6 nitrogen and oxygen atoms in total. The monoisotopic (exact) mass is 389 g/mol. The lowest BCUT2D eigenvalue weighted by Crippen LogP contribution is -2.38. The number of piperidine rings is 1. The Kier molecular flexibility index (Phi) is 8.85. The molecule has 1 fully saturated rings. The summed E-state index contributed by atoms with van der Waals surface area (Å²) in [5.74, 6) is 0.252. The minimum Gasteiger partial charge on any atom is -0.339 e. The Labute approximate surface area is 156 Å². The molecule has 0 radical (unpaired) electrons. The van der Waals surface area contributed by atoms with Crippen LogP contribution in [-0.2, 0) is 10.0 Å². The highest BCUT2D eigenvalue weighted by atomic mass is 35.5. The van der Waals surface area contributed by atoms with Gasteiger partial charge < -0.3 is 10.2 Å². The number of nitrogens with one attached hydrogen (secondary N) is 2. The van der Waals surface area contributed by atoms with Crippen LogP contribution in [0.1, 0.15) is 37.0 Å². The molecule has 0 aliphatic carbocycles. The van der Waals surface area contributed by atoms with E-state index in [1.165, 1.54) is 12.1 Å². The number of benzene rings is 1. The van der Waals surface area contributed by atoms with Crippen molar-refractivity contribution in [3.63, 3.8) is 0 Å². The largest absolute Gasteiger partial charge is 0.339 e. The Hall–Kier alpha value is -1.15. The Balaban J connectivity index is 0.00000312. The molecule has 2 rings (SSSR count). The number of rotatable bonds is 7. The molecule has 1 amide bonds. The van der Waals surface area contributed by atoms with Gasteiger partial charge in [-0.2, -0.15) is 0 Å². The predicted molar refractivity (Wildman–Crippen MR) is 102 cm³/mol. The van der Waals surface area contributed by atoms with Gasteiger partial charge in [0.25, 0.3) is 5.91 Å². The maximum absolute atomic E-state index is 12.4. The third-order valence-corrected chi connectivity index (χ3v) is 5.86. The van der Waals surface area contributed by atoms with Gasteiger partial charge in [0.1, 0.15) is 0 Å². The summed E-state index contributed by atoms with van der Waals surface area (Å²) >= 11 is 0. The molecule has 1 atom stereocenters. The zero-order chi connectivity index (χ0) is 17.6. The number of amides is 1. The average molecular weight is 390 g/mol. The second kappa shape index (κ2) is 10.1. The van der Waals surface area contributed by atoms with E-state index in [4.69, 9.17) is 0 Å². The van der Waals surface area contributed by atoms with Crippen LogP contribution in [0.5, 0.6) is 0 Å². The van der Waals surface area contributed by atoms with Crippen molar-refractivity contribution >= 4 is 28.3 Å². The van der Waals surface area contributed by atoms with Gasteiger partial charge in [0.05, 0.1) is 4.90 Å². The number of hydrogen-bond donors (Lipinski definition) is 2. The highest BCUT2D eigenvalue weighted by Gasteiger charge is 2.19. The number of hydrogen-bond acceptors (Lipinski definition) is 4. The molecule has 142 valence electrons. The summed E-state index contributed by atoms with van der Waals surface area (Å²) in [6.45, 7) is 7.40. The summed E-state index contributed by atoms with van der Waals surface area (Å²) in [5, 5.41) is 3.28. The quantitative estimate of drug-likeness (QED) is 0.746. The van der Waals surface area contributed by atoms with Gasteiger partial charge in [-0.1, -0.05) is 0 Å².